The lowest BCUT2D eigenvalue weighted by Gasteiger charge is -2.09. The summed E-state index contributed by atoms with van der Waals surface area (Å²) < 4.78 is 0. The fourth-order valence-electron chi connectivity index (χ4n) is 2.48. The van der Waals surface area contributed by atoms with Gasteiger partial charge >= 0.3 is 0 Å². The lowest BCUT2D eigenvalue weighted by molar-refractivity contribution is 0.0945. The van der Waals surface area contributed by atoms with Crippen molar-refractivity contribution in [3.8, 4) is 0 Å². The molecule has 130 valence electrons. The number of hydrogen-bond acceptors (Lipinski definition) is 3. The highest BCUT2D eigenvalue weighted by atomic mass is 16.2. The maximum Gasteiger partial charge on any atom is 0.274 e. The topological polar surface area (TPSA) is 71.1 Å². The molecule has 0 aliphatic heterocycles. The Kier molecular flexibility index (Phi) is 5.39. The van der Waals surface area contributed by atoms with Gasteiger partial charge in [0.2, 0.25) is 0 Å². The Hall–Kier alpha value is -3.47. The first-order valence-electron chi connectivity index (χ1n) is 8.29. The van der Waals surface area contributed by atoms with Gasteiger partial charge in [0.05, 0.1) is 0 Å². The van der Waals surface area contributed by atoms with Crippen LogP contribution in [0.5, 0.6) is 0 Å². The molecule has 0 spiro atoms. The Morgan fingerprint density at radius 3 is 2.19 bits per heavy atom. The van der Waals surface area contributed by atoms with E-state index in [1.54, 1.807) is 30.3 Å². The molecule has 1 aromatic heterocycles. The van der Waals surface area contributed by atoms with E-state index in [4.69, 9.17) is 0 Å². The average molecular weight is 345 g/mol. The van der Waals surface area contributed by atoms with Crippen molar-refractivity contribution in [2.45, 2.75) is 13.5 Å². The number of amides is 2. The maximum atomic E-state index is 12.4. The summed E-state index contributed by atoms with van der Waals surface area (Å²) in [6.07, 6.45) is 0. The molecule has 26 heavy (non-hydrogen) atoms. The molecule has 1 heterocycles. The highest BCUT2D eigenvalue weighted by molar-refractivity contribution is 6.03. The summed E-state index contributed by atoms with van der Waals surface area (Å²) >= 11 is 0. The van der Waals surface area contributed by atoms with Crippen LogP contribution < -0.4 is 10.6 Å². The van der Waals surface area contributed by atoms with Crippen molar-refractivity contribution in [2.24, 2.45) is 0 Å². The number of aromatic nitrogens is 1. The minimum atomic E-state index is -0.357. The normalized spacial score (nSPS) is 10.2. The minimum absolute atomic E-state index is 0.192. The van der Waals surface area contributed by atoms with Gasteiger partial charge in [-0.3, -0.25) is 9.59 Å². The lowest BCUT2D eigenvalue weighted by Crippen LogP contribution is -2.25. The molecule has 0 bridgehead atoms. The maximum absolute atomic E-state index is 12.4. The van der Waals surface area contributed by atoms with E-state index in [2.05, 4.69) is 15.6 Å². The van der Waals surface area contributed by atoms with Gasteiger partial charge in [0.15, 0.2) is 0 Å². The first kappa shape index (κ1) is 17.4. The molecule has 5 nitrogen and oxygen atoms in total. The van der Waals surface area contributed by atoms with Gasteiger partial charge in [-0.25, -0.2) is 4.98 Å². The van der Waals surface area contributed by atoms with Crippen molar-refractivity contribution < 1.29 is 9.59 Å². The number of aryl methyl sites for hydroxylation is 1. The molecule has 0 radical (unpaired) electrons. The summed E-state index contributed by atoms with van der Waals surface area (Å²) in [5, 5.41) is 5.60. The fraction of sp³-hybridized carbons (Fsp3) is 0.0952. The molecule has 0 unspecified atom stereocenters. The molecule has 0 saturated carbocycles. The van der Waals surface area contributed by atoms with E-state index in [9.17, 15) is 9.59 Å². The van der Waals surface area contributed by atoms with E-state index < -0.39 is 0 Å². The van der Waals surface area contributed by atoms with Crippen LogP contribution >= 0.6 is 0 Å². The predicted molar refractivity (Wildman–Crippen MR) is 101 cm³/mol. The van der Waals surface area contributed by atoms with E-state index in [0.717, 1.165) is 11.1 Å². The Balaban J connectivity index is 1.67. The van der Waals surface area contributed by atoms with Crippen molar-refractivity contribution >= 4 is 17.5 Å². The molecule has 5 heteroatoms. The molecule has 0 fully saturated rings. The number of benzene rings is 2. The van der Waals surface area contributed by atoms with E-state index in [0.29, 0.717) is 12.2 Å². The van der Waals surface area contributed by atoms with Crippen molar-refractivity contribution in [2.75, 3.05) is 5.32 Å². The zero-order chi connectivity index (χ0) is 18.4. The second-order valence-electron chi connectivity index (χ2n) is 5.84. The standard InChI is InChI=1S/C21H19N3O2/c1-15-8-5-6-9-16(15)14-22-20(25)18-12-7-13-19(24-18)21(26)23-17-10-3-2-4-11-17/h2-13H,14H2,1H3,(H,22,25)(H,23,26). The van der Waals surface area contributed by atoms with Crippen LogP contribution in [0.2, 0.25) is 0 Å². The van der Waals surface area contributed by atoms with Crippen LogP contribution in [0.3, 0.4) is 0 Å². The Bertz CT molecular complexity index is 923. The molecule has 0 saturated heterocycles. The van der Waals surface area contributed by atoms with Gasteiger partial charge in [-0.2, -0.15) is 0 Å². The first-order chi connectivity index (χ1) is 12.6. The Morgan fingerprint density at radius 1 is 0.808 bits per heavy atom. The number of hydrogen-bond donors (Lipinski definition) is 2. The van der Waals surface area contributed by atoms with Crippen LogP contribution in [0.25, 0.3) is 0 Å². The highest BCUT2D eigenvalue weighted by Gasteiger charge is 2.12. The molecule has 0 aliphatic rings. The monoisotopic (exact) mass is 345 g/mol. The van der Waals surface area contributed by atoms with Crippen molar-refractivity contribution in [1.82, 2.24) is 10.3 Å². The van der Waals surface area contributed by atoms with Crippen LogP contribution in [-0.2, 0) is 6.54 Å². The van der Waals surface area contributed by atoms with Gasteiger partial charge in [-0.05, 0) is 42.3 Å². The predicted octanol–water partition coefficient (Wildman–Crippen LogP) is 3.57. The second kappa shape index (κ2) is 8.07. The average Bonchev–Trinajstić information content (AvgIpc) is 2.68. The number of carbonyl (C=O) groups is 2. The summed E-state index contributed by atoms with van der Waals surface area (Å²) in [5.74, 6) is -0.674. The molecule has 2 amide bonds. The number of nitrogens with zero attached hydrogens (tertiary/aromatic N) is 1. The molecule has 3 rings (SSSR count). The quantitative estimate of drug-likeness (QED) is 0.742. The van der Waals surface area contributed by atoms with Gasteiger partial charge in [-0.15, -0.1) is 0 Å². The third-order valence-electron chi connectivity index (χ3n) is 3.95. The van der Waals surface area contributed by atoms with Crippen LogP contribution in [0, 0.1) is 6.92 Å². The van der Waals surface area contributed by atoms with Crippen LogP contribution in [0.15, 0.2) is 72.8 Å². The summed E-state index contributed by atoms with van der Waals surface area (Å²) in [5.41, 5.74) is 3.22. The molecule has 2 N–H and O–H groups in total. The summed E-state index contributed by atoms with van der Waals surface area (Å²) in [6, 6.07) is 21.8. The highest BCUT2D eigenvalue weighted by Crippen LogP contribution is 2.09. The van der Waals surface area contributed by atoms with Gasteiger partial charge in [0.1, 0.15) is 11.4 Å². The summed E-state index contributed by atoms with van der Waals surface area (Å²) in [6.45, 7) is 2.40. The molecule has 0 aliphatic carbocycles. The molecular formula is C21H19N3O2. The van der Waals surface area contributed by atoms with Crippen molar-refractivity contribution in [3.63, 3.8) is 0 Å². The van der Waals surface area contributed by atoms with Crippen molar-refractivity contribution in [3.05, 3.63) is 95.3 Å². The second-order valence-corrected chi connectivity index (χ2v) is 5.84. The fourth-order valence-corrected chi connectivity index (χ4v) is 2.48. The number of rotatable bonds is 5. The minimum Gasteiger partial charge on any atom is -0.347 e. The molecule has 3 aromatic rings. The largest absolute Gasteiger partial charge is 0.347 e. The molecule has 2 aromatic carbocycles. The smallest absolute Gasteiger partial charge is 0.274 e. The number of para-hydroxylation sites is 1. The van der Waals surface area contributed by atoms with Crippen molar-refractivity contribution in [1.29, 1.82) is 0 Å². The van der Waals surface area contributed by atoms with E-state index in [1.165, 1.54) is 0 Å². The summed E-state index contributed by atoms with van der Waals surface area (Å²) in [4.78, 5) is 28.8. The zero-order valence-electron chi connectivity index (χ0n) is 14.4. The van der Waals surface area contributed by atoms with Gasteiger partial charge in [0.25, 0.3) is 11.8 Å². The molecular weight excluding hydrogens is 326 g/mol. The summed E-state index contributed by atoms with van der Waals surface area (Å²) in [7, 11) is 0. The lowest BCUT2D eigenvalue weighted by atomic mass is 10.1. The Labute approximate surface area is 152 Å². The van der Waals surface area contributed by atoms with E-state index in [1.807, 2.05) is 49.4 Å². The van der Waals surface area contributed by atoms with E-state index in [-0.39, 0.29) is 23.2 Å². The van der Waals surface area contributed by atoms with Gasteiger partial charge in [-0.1, -0.05) is 48.5 Å². The third kappa shape index (κ3) is 4.33. The third-order valence-corrected chi connectivity index (χ3v) is 3.95. The van der Waals surface area contributed by atoms with Crippen LogP contribution in [0.4, 0.5) is 5.69 Å². The number of nitrogens with one attached hydrogen (secondary N) is 2. The van der Waals surface area contributed by atoms with E-state index >= 15 is 0 Å². The number of carbonyl (C=O) groups excluding carboxylic acids is 2. The van der Waals surface area contributed by atoms with Gasteiger partial charge in [0, 0.05) is 12.2 Å². The SMILES string of the molecule is Cc1ccccc1CNC(=O)c1cccc(C(=O)Nc2ccccc2)n1. The van der Waals surface area contributed by atoms with Gasteiger partial charge < -0.3 is 10.6 Å². The number of anilines is 1. The zero-order valence-corrected chi connectivity index (χ0v) is 14.4. The van der Waals surface area contributed by atoms with Crippen LogP contribution in [0.1, 0.15) is 32.1 Å². The molecule has 0 atom stereocenters. The number of pyridine rings is 1. The Morgan fingerprint density at radius 2 is 1.46 bits per heavy atom. The first-order valence-corrected chi connectivity index (χ1v) is 8.29. The van der Waals surface area contributed by atoms with Crippen LogP contribution in [-0.4, -0.2) is 16.8 Å².